The van der Waals surface area contributed by atoms with Gasteiger partial charge in [-0.15, -0.1) is 0 Å². The molecule has 0 aliphatic rings. The van der Waals surface area contributed by atoms with Crippen molar-refractivity contribution in [3.05, 3.63) is 53.3 Å². The van der Waals surface area contributed by atoms with Crippen LogP contribution in [0.5, 0.6) is 0 Å². The van der Waals surface area contributed by atoms with E-state index < -0.39 is 0 Å². The summed E-state index contributed by atoms with van der Waals surface area (Å²) < 4.78 is 0. The van der Waals surface area contributed by atoms with E-state index in [2.05, 4.69) is 22.0 Å². The van der Waals surface area contributed by atoms with Crippen LogP contribution >= 0.6 is 0 Å². The van der Waals surface area contributed by atoms with Gasteiger partial charge in [0.1, 0.15) is 0 Å². The van der Waals surface area contributed by atoms with Crippen LogP contribution in [0.15, 0.2) is 36.7 Å². The summed E-state index contributed by atoms with van der Waals surface area (Å²) in [6.07, 6.45) is 3.11. The van der Waals surface area contributed by atoms with E-state index in [9.17, 15) is 4.79 Å². The largest absolute Gasteiger partial charge is 0.337 e. The number of H-pyrrole nitrogens is 1. The number of hydrogen-bond acceptors (Lipinski definition) is 3. The summed E-state index contributed by atoms with van der Waals surface area (Å²) in [4.78, 5) is 13.7. The molecule has 5 heteroatoms. The first kappa shape index (κ1) is 13.8. The maximum atomic E-state index is 12.0. The maximum Gasteiger partial charge on any atom is 0.257 e. The molecule has 0 aliphatic heterocycles. The second-order valence-corrected chi connectivity index (χ2v) is 4.35. The normalized spacial score (nSPS) is 9.70. The van der Waals surface area contributed by atoms with E-state index >= 15 is 0 Å². The molecule has 0 atom stereocenters. The highest BCUT2D eigenvalue weighted by Crippen LogP contribution is 2.08. The summed E-state index contributed by atoms with van der Waals surface area (Å²) in [6, 6.07) is 7.77. The number of carbonyl (C=O) groups is 1. The van der Waals surface area contributed by atoms with Gasteiger partial charge in [-0.1, -0.05) is 24.0 Å². The van der Waals surface area contributed by atoms with Crippen LogP contribution in [0.4, 0.5) is 0 Å². The standard InChI is InChI=1S/C15H16N4O/c1-19(15(20)14-9-17-18-10-14)11-13-6-4-12(5-7-13)3-2-8-16/h4-7,9-10H,8,11,16H2,1H3,(H,17,18). The molecule has 0 fully saturated rings. The summed E-state index contributed by atoms with van der Waals surface area (Å²) >= 11 is 0. The fourth-order valence-electron chi connectivity index (χ4n) is 1.78. The molecular weight excluding hydrogens is 252 g/mol. The van der Waals surface area contributed by atoms with Gasteiger partial charge in [0.05, 0.1) is 18.3 Å². The molecule has 102 valence electrons. The van der Waals surface area contributed by atoms with Crippen molar-refractivity contribution in [2.24, 2.45) is 5.73 Å². The van der Waals surface area contributed by atoms with Crippen molar-refractivity contribution in [1.82, 2.24) is 15.1 Å². The van der Waals surface area contributed by atoms with Crippen molar-refractivity contribution < 1.29 is 4.79 Å². The first-order valence-electron chi connectivity index (χ1n) is 6.23. The summed E-state index contributed by atoms with van der Waals surface area (Å²) in [5.74, 6) is 5.70. The van der Waals surface area contributed by atoms with Gasteiger partial charge in [-0.3, -0.25) is 9.89 Å². The molecule has 0 unspecified atom stereocenters. The van der Waals surface area contributed by atoms with Crippen molar-refractivity contribution in [2.75, 3.05) is 13.6 Å². The lowest BCUT2D eigenvalue weighted by molar-refractivity contribution is 0.0785. The van der Waals surface area contributed by atoms with Gasteiger partial charge < -0.3 is 10.6 Å². The molecule has 0 saturated carbocycles. The molecule has 0 aliphatic carbocycles. The Morgan fingerprint density at radius 3 is 2.75 bits per heavy atom. The molecule has 2 aromatic rings. The average Bonchev–Trinajstić information content (AvgIpc) is 3.00. The van der Waals surface area contributed by atoms with E-state index in [4.69, 9.17) is 5.73 Å². The van der Waals surface area contributed by atoms with Crippen LogP contribution in [0.1, 0.15) is 21.5 Å². The van der Waals surface area contributed by atoms with E-state index in [1.807, 2.05) is 24.3 Å². The first-order valence-corrected chi connectivity index (χ1v) is 6.23. The third-order valence-electron chi connectivity index (χ3n) is 2.80. The van der Waals surface area contributed by atoms with Crippen LogP contribution in [0.25, 0.3) is 0 Å². The SMILES string of the molecule is CN(Cc1ccc(C#CCN)cc1)C(=O)c1cn[nH]c1. The number of aromatic amines is 1. The zero-order valence-electron chi connectivity index (χ0n) is 11.3. The minimum absolute atomic E-state index is 0.0641. The molecule has 3 N–H and O–H groups in total. The third-order valence-corrected chi connectivity index (χ3v) is 2.80. The molecule has 0 bridgehead atoms. The molecule has 0 radical (unpaired) electrons. The number of nitrogens with one attached hydrogen (secondary N) is 1. The predicted molar refractivity (Wildman–Crippen MR) is 76.8 cm³/mol. The van der Waals surface area contributed by atoms with Crippen LogP contribution in [-0.4, -0.2) is 34.6 Å². The van der Waals surface area contributed by atoms with Crippen molar-refractivity contribution >= 4 is 5.91 Å². The Morgan fingerprint density at radius 1 is 1.40 bits per heavy atom. The number of hydrogen-bond donors (Lipinski definition) is 2. The zero-order valence-corrected chi connectivity index (χ0v) is 11.3. The fraction of sp³-hybridized carbons (Fsp3) is 0.200. The molecule has 0 saturated heterocycles. The molecule has 1 aromatic heterocycles. The summed E-state index contributed by atoms with van der Waals surface area (Å²) in [6.45, 7) is 0.887. The Morgan fingerprint density at radius 2 is 2.15 bits per heavy atom. The van der Waals surface area contributed by atoms with E-state index in [0.29, 0.717) is 18.7 Å². The summed E-state index contributed by atoms with van der Waals surface area (Å²) in [5.41, 5.74) is 7.84. The molecule has 2 rings (SSSR count). The number of nitrogens with two attached hydrogens (primary N) is 1. The first-order chi connectivity index (χ1) is 9.70. The highest BCUT2D eigenvalue weighted by molar-refractivity contribution is 5.93. The van der Waals surface area contributed by atoms with Gasteiger partial charge in [-0.05, 0) is 17.7 Å². The predicted octanol–water partition coefficient (Wildman–Crippen LogP) is 0.992. The second-order valence-electron chi connectivity index (χ2n) is 4.35. The molecular formula is C15H16N4O. The highest BCUT2D eigenvalue weighted by Gasteiger charge is 2.12. The topological polar surface area (TPSA) is 75.0 Å². The molecule has 20 heavy (non-hydrogen) atoms. The number of nitrogens with zero attached hydrogens (tertiary/aromatic N) is 2. The Hall–Kier alpha value is -2.58. The van der Waals surface area contributed by atoms with Crippen molar-refractivity contribution in [3.63, 3.8) is 0 Å². The van der Waals surface area contributed by atoms with Crippen LogP contribution < -0.4 is 5.73 Å². The lowest BCUT2D eigenvalue weighted by Gasteiger charge is -2.16. The zero-order chi connectivity index (χ0) is 14.4. The van der Waals surface area contributed by atoms with Crippen molar-refractivity contribution in [1.29, 1.82) is 0 Å². The molecule has 5 nitrogen and oxygen atoms in total. The lowest BCUT2D eigenvalue weighted by Crippen LogP contribution is -2.25. The molecule has 1 aromatic carbocycles. The van der Waals surface area contributed by atoms with Gasteiger partial charge in [-0.2, -0.15) is 5.10 Å². The Bertz CT molecular complexity index is 620. The van der Waals surface area contributed by atoms with E-state index in [0.717, 1.165) is 11.1 Å². The minimum atomic E-state index is -0.0641. The van der Waals surface area contributed by atoms with Gasteiger partial charge >= 0.3 is 0 Å². The van der Waals surface area contributed by atoms with E-state index in [1.165, 1.54) is 6.20 Å². The number of carbonyl (C=O) groups excluding carboxylic acids is 1. The highest BCUT2D eigenvalue weighted by atomic mass is 16.2. The smallest absolute Gasteiger partial charge is 0.257 e. The average molecular weight is 268 g/mol. The monoisotopic (exact) mass is 268 g/mol. The minimum Gasteiger partial charge on any atom is -0.337 e. The van der Waals surface area contributed by atoms with E-state index in [1.54, 1.807) is 18.1 Å². The molecule has 1 amide bonds. The number of aromatic nitrogens is 2. The van der Waals surface area contributed by atoms with Gasteiger partial charge in [0.2, 0.25) is 0 Å². The van der Waals surface area contributed by atoms with Crippen LogP contribution in [0.3, 0.4) is 0 Å². The summed E-state index contributed by atoms with van der Waals surface area (Å²) in [7, 11) is 1.76. The second kappa shape index (κ2) is 6.55. The molecule has 1 heterocycles. The lowest BCUT2D eigenvalue weighted by atomic mass is 10.1. The number of rotatable bonds is 3. The van der Waals surface area contributed by atoms with Crippen LogP contribution in [0.2, 0.25) is 0 Å². The van der Waals surface area contributed by atoms with Gasteiger partial charge in [0.25, 0.3) is 5.91 Å². The Balaban J connectivity index is 2.01. The third kappa shape index (κ3) is 3.46. The van der Waals surface area contributed by atoms with Crippen LogP contribution in [-0.2, 0) is 6.54 Å². The quantitative estimate of drug-likeness (QED) is 0.815. The van der Waals surface area contributed by atoms with Crippen molar-refractivity contribution in [3.8, 4) is 11.8 Å². The summed E-state index contributed by atoms with van der Waals surface area (Å²) in [5, 5.41) is 6.41. The van der Waals surface area contributed by atoms with Gasteiger partial charge in [0, 0.05) is 25.4 Å². The van der Waals surface area contributed by atoms with E-state index in [-0.39, 0.29) is 5.91 Å². The Kier molecular flexibility index (Phi) is 4.53. The molecule has 0 spiro atoms. The maximum absolute atomic E-state index is 12.0. The number of benzene rings is 1. The number of amides is 1. The van der Waals surface area contributed by atoms with Gasteiger partial charge in [0.15, 0.2) is 0 Å². The Labute approximate surface area is 117 Å². The fourth-order valence-corrected chi connectivity index (χ4v) is 1.78. The van der Waals surface area contributed by atoms with Gasteiger partial charge in [-0.25, -0.2) is 0 Å². The van der Waals surface area contributed by atoms with Crippen LogP contribution in [0, 0.1) is 11.8 Å². The van der Waals surface area contributed by atoms with Crippen molar-refractivity contribution in [2.45, 2.75) is 6.54 Å².